The zero-order valence-electron chi connectivity index (χ0n) is 12.3. The molecule has 3 aromatic rings. The van der Waals surface area contributed by atoms with Crippen molar-refractivity contribution < 1.29 is 9.18 Å². The lowest BCUT2D eigenvalue weighted by atomic mass is 10.2. The van der Waals surface area contributed by atoms with Crippen LogP contribution < -0.4 is 10.6 Å². The summed E-state index contributed by atoms with van der Waals surface area (Å²) >= 11 is 3.32. The van der Waals surface area contributed by atoms with Crippen molar-refractivity contribution in [2.45, 2.75) is 0 Å². The Morgan fingerprint density at radius 3 is 2.42 bits per heavy atom. The molecular weight excluding hydrogens is 375 g/mol. The molecule has 1 amide bonds. The molecule has 120 valence electrons. The summed E-state index contributed by atoms with van der Waals surface area (Å²) in [4.78, 5) is 12.1. The molecule has 0 aliphatic rings. The first-order valence-electron chi connectivity index (χ1n) is 7.03. The third-order valence-electron chi connectivity index (χ3n) is 3.09. The van der Waals surface area contributed by atoms with Gasteiger partial charge in [-0.25, -0.2) is 4.39 Å². The first-order chi connectivity index (χ1) is 11.6. The summed E-state index contributed by atoms with van der Waals surface area (Å²) in [6, 6.07) is 16.3. The Kier molecular flexibility index (Phi) is 4.81. The van der Waals surface area contributed by atoms with Crippen LogP contribution in [0.1, 0.15) is 10.4 Å². The van der Waals surface area contributed by atoms with Crippen LogP contribution in [0, 0.1) is 5.82 Å². The molecule has 0 saturated carbocycles. The van der Waals surface area contributed by atoms with E-state index < -0.39 is 0 Å². The average molecular weight is 387 g/mol. The van der Waals surface area contributed by atoms with E-state index in [2.05, 4.69) is 36.8 Å². The van der Waals surface area contributed by atoms with Crippen LogP contribution in [-0.2, 0) is 0 Å². The van der Waals surface area contributed by atoms with E-state index in [1.54, 1.807) is 42.5 Å². The predicted molar refractivity (Wildman–Crippen MR) is 93.8 cm³/mol. The number of amides is 1. The number of benzene rings is 2. The highest BCUT2D eigenvalue weighted by molar-refractivity contribution is 9.10. The van der Waals surface area contributed by atoms with E-state index in [9.17, 15) is 9.18 Å². The average Bonchev–Trinajstić information content (AvgIpc) is 2.57. The van der Waals surface area contributed by atoms with Crippen molar-refractivity contribution in [3.05, 3.63) is 76.5 Å². The number of nitrogens with one attached hydrogen (secondary N) is 2. The van der Waals surface area contributed by atoms with E-state index in [-0.39, 0.29) is 11.7 Å². The highest BCUT2D eigenvalue weighted by atomic mass is 79.9. The second-order valence-electron chi connectivity index (χ2n) is 4.90. The van der Waals surface area contributed by atoms with Crippen LogP contribution in [0.4, 0.5) is 21.7 Å². The number of rotatable bonds is 4. The van der Waals surface area contributed by atoms with Gasteiger partial charge in [-0.15, -0.1) is 10.2 Å². The van der Waals surface area contributed by atoms with E-state index >= 15 is 0 Å². The van der Waals surface area contributed by atoms with Gasteiger partial charge in [-0.3, -0.25) is 4.79 Å². The molecule has 0 unspecified atom stereocenters. The molecule has 7 heteroatoms. The lowest BCUT2D eigenvalue weighted by molar-refractivity contribution is 0.102. The lowest BCUT2D eigenvalue weighted by Crippen LogP contribution is -2.13. The van der Waals surface area contributed by atoms with Crippen LogP contribution in [0.3, 0.4) is 0 Å². The van der Waals surface area contributed by atoms with Gasteiger partial charge in [0.25, 0.3) is 5.91 Å². The van der Waals surface area contributed by atoms with Gasteiger partial charge in [0.05, 0.1) is 0 Å². The van der Waals surface area contributed by atoms with Crippen molar-refractivity contribution in [2.75, 3.05) is 10.6 Å². The van der Waals surface area contributed by atoms with Gasteiger partial charge in [-0.2, -0.15) is 0 Å². The second kappa shape index (κ2) is 7.18. The number of carbonyl (C=O) groups excluding carboxylic acids is 1. The molecule has 0 saturated heterocycles. The number of anilines is 3. The van der Waals surface area contributed by atoms with Gasteiger partial charge < -0.3 is 10.6 Å². The van der Waals surface area contributed by atoms with Gasteiger partial charge in [0.2, 0.25) is 0 Å². The molecule has 0 aliphatic carbocycles. The van der Waals surface area contributed by atoms with Crippen LogP contribution >= 0.6 is 15.9 Å². The fourth-order valence-corrected chi connectivity index (χ4v) is 2.40. The van der Waals surface area contributed by atoms with Crippen LogP contribution in [0.2, 0.25) is 0 Å². The quantitative estimate of drug-likeness (QED) is 0.698. The first-order valence-corrected chi connectivity index (χ1v) is 7.83. The fraction of sp³-hybridized carbons (Fsp3) is 0. The molecule has 2 aromatic carbocycles. The molecule has 0 spiro atoms. The highest BCUT2D eigenvalue weighted by Gasteiger charge is 2.08. The topological polar surface area (TPSA) is 66.9 Å². The third kappa shape index (κ3) is 4.14. The van der Waals surface area contributed by atoms with Crippen molar-refractivity contribution in [3.8, 4) is 0 Å². The molecule has 1 heterocycles. The highest BCUT2D eigenvalue weighted by Crippen LogP contribution is 2.16. The first kappa shape index (κ1) is 16.1. The Hall–Kier alpha value is -2.80. The number of nitrogens with zero attached hydrogens (tertiary/aromatic N) is 2. The molecule has 0 bridgehead atoms. The Labute approximate surface area is 146 Å². The monoisotopic (exact) mass is 386 g/mol. The maximum absolute atomic E-state index is 13.1. The normalized spacial score (nSPS) is 10.2. The molecule has 0 fully saturated rings. The summed E-state index contributed by atoms with van der Waals surface area (Å²) < 4.78 is 14.0. The van der Waals surface area contributed by atoms with E-state index in [4.69, 9.17) is 0 Å². The summed E-state index contributed by atoms with van der Waals surface area (Å²) in [6.07, 6.45) is 0. The number of hydrogen-bond acceptors (Lipinski definition) is 4. The molecule has 3 rings (SSSR count). The molecule has 24 heavy (non-hydrogen) atoms. The van der Waals surface area contributed by atoms with Crippen LogP contribution in [0.25, 0.3) is 0 Å². The van der Waals surface area contributed by atoms with Crippen LogP contribution in [-0.4, -0.2) is 16.1 Å². The summed E-state index contributed by atoms with van der Waals surface area (Å²) in [5.41, 5.74) is 1.07. The Morgan fingerprint density at radius 2 is 1.71 bits per heavy atom. The number of hydrogen-bond donors (Lipinski definition) is 2. The van der Waals surface area contributed by atoms with Gasteiger partial charge in [0, 0.05) is 15.7 Å². The Morgan fingerprint density at radius 1 is 0.958 bits per heavy atom. The van der Waals surface area contributed by atoms with Gasteiger partial charge in [-0.05, 0) is 48.5 Å². The summed E-state index contributed by atoms with van der Waals surface area (Å²) in [6.45, 7) is 0. The predicted octanol–water partition coefficient (Wildman–Crippen LogP) is 4.37. The van der Waals surface area contributed by atoms with Gasteiger partial charge in [-0.1, -0.05) is 28.1 Å². The molecular formula is C17H12BrFN4O. The van der Waals surface area contributed by atoms with Crippen LogP contribution in [0.5, 0.6) is 0 Å². The van der Waals surface area contributed by atoms with E-state index in [0.29, 0.717) is 22.9 Å². The smallest absolute Gasteiger partial charge is 0.256 e. The molecule has 0 atom stereocenters. The van der Waals surface area contributed by atoms with Gasteiger partial charge in [0.1, 0.15) is 5.82 Å². The van der Waals surface area contributed by atoms with Crippen LogP contribution in [0.15, 0.2) is 65.1 Å². The van der Waals surface area contributed by atoms with Crippen molar-refractivity contribution in [1.29, 1.82) is 0 Å². The minimum Gasteiger partial charge on any atom is -0.339 e. The fourth-order valence-electron chi connectivity index (χ4n) is 2.00. The van der Waals surface area contributed by atoms with Crippen molar-refractivity contribution in [1.82, 2.24) is 10.2 Å². The maximum atomic E-state index is 13.1. The molecule has 1 aromatic heterocycles. The SMILES string of the molecule is O=C(Nc1ccc(Nc2cccc(F)c2)nn1)c1cccc(Br)c1. The van der Waals surface area contributed by atoms with E-state index in [1.165, 1.54) is 12.1 Å². The van der Waals surface area contributed by atoms with E-state index in [1.807, 2.05) is 6.07 Å². The number of aromatic nitrogens is 2. The zero-order chi connectivity index (χ0) is 16.9. The molecule has 0 radical (unpaired) electrons. The third-order valence-corrected chi connectivity index (χ3v) is 3.58. The maximum Gasteiger partial charge on any atom is 0.256 e. The minimum absolute atomic E-state index is 0.281. The summed E-state index contributed by atoms with van der Waals surface area (Å²) in [5.74, 6) is 0.146. The largest absolute Gasteiger partial charge is 0.339 e. The standard InChI is InChI=1S/C17H12BrFN4O/c18-12-4-1-3-11(9-12)17(24)21-16-8-7-15(22-23-16)20-14-6-2-5-13(19)10-14/h1-10H,(H,20,22)(H,21,23,24). The second-order valence-corrected chi connectivity index (χ2v) is 5.82. The summed E-state index contributed by atoms with van der Waals surface area (Å²) in [5, 5.41) is 13.5. The Bertz CT molecular complexity index is 870. The zero-order valence-corrected chi connectivity index (χ0v) is 13.9. The van der Waals surface area contributed by atoms with Gasteiger partial charge in [0.15, 0.2) is 11.6 Å². The van der Waals surface area contributed by atoms with Crippen molar-refractivity contribution in [3.63, 3.8) is 0 Å². The molecule has 5 nitrogen and oxygen atoms in total. The van der Waals surface area contributed by atoms with Crippen molar-refractivity contribution in [2.24, 2.45) is 0 Å². The number of halogens is 2. The molecule has 0 aliphatic heterocycles. The molecule has 2 N–H and O–H groups in total. The van der Waals surface area contributed by atoms with E-state index in [0.717, 1.165) is 4.47 Å². The minimum atomic E-state index is -0.342. The lowest BCUT2D eigenvalue weighted by Gasteiger charge is -2.07. The number of carbonyl (C=O) groups is 1. The van der Waals surface area contributed by atoms with Gasteiger partial charge >= 0.3 is 0 Å². The Balaban J connectivity index is 1.67. The van der Waals surface area contributed by atoms with Crippen molar-refractivity contribution >= 4 is 39.2 Å². The summed E-state index contributed by atoms with van der Waals surface area (Å²) in [7, 11) is 0.